The minimum Gasteiger partial charge on any atom is -0.494 e. The lowest BCUT2D eigenvalue weighted by molar-refractivity contribution is -0.197. The Morgan fingerprint density at radius 1 is 0.404 bits per heavy atom. The summed E-state index contributed by atoms with van der Waals surface area (Å²) in [7, 11) is 0. The van der Waals surface area contributed by atoms with Crippen molar-refractivity contribution < 1.29 is 23.0 Å². The van der Waals surface area contributed by atoms with Crippen molar-refractivity contribution in [1.82, 2.24) is 0 Å². The van der Waals surface area contributed by atoms with Crippen LogP contribution in [-0.2, 0) is 26.8 Å². The molecule has 0 aliphatic carbocycles. The van der Waals surface area contributed by atoms with Crippen LogP contribution in [0.4, 0.5) is 8.78 Å². The maximum absolute atomic E-state index is 16.4. The Hall–Kier alpha value is -5.26. The minimum absolute atomic E-state index is 0.101. The molecule has 0 aromatic heterocycles. The van der Waals surface area contributed by atoms with Crippen LogP contribution in [-0.4, -0.2) is 25.6 Å². The first kappa shape index (κ1) is 41.4. The molecule has 0 saturated carbocycles. The quantitative estimate of drug-likeness (QED) is 0.0872. The summed E-state index contributed by atoms with van der Waals surface area (Å²) >= 11 is 0. The van der Waals surface area contributed by atoms with E-state index in [1.54, 1.807) is 13.8 Å². The van der Waals surface area contributed by atoms with E-state index in [2.05, 4.69) is 62.4 Å². The molecule has 0 saturated heterocycles. The van der Waals surface area contributed by atoms with Gasteiger partial charge in [0.15, 0.2) is 0 Å². The lowest BCUT2D eigenvalue weighted by atomic mass is 9.57. The number of hydrogen-bond donors (Lipinski definition) is 0. The lowest BCUT2D eigenvalue weighted by Gasteiger charge is -2.59. The molecule has 6 rings (SSSR count). The summed E-state index contributed by atoms with van der Waals surface area (Å²) in [6.45, 7) is 12.4. The number of ether oxygens (including phenoxy) is 3. The van der Waals surface area contributed by atoms with Crippen LogP contribution in [0.15, 0.2) is 170 Å². The van der Waals surface area contributed by atoms with Crippen molar-refractivity contribution in [1.29, 1.82) is 0 Å². The standard InChI is InChI=1S/C52H56F2O3/c1-7-55-47-33-29-41(30-34-47)49(5,37-39(3)53)51(43-21-13-9-14-22-43,44-23-15-10-16-24-44)57-52(45-25-17-11-18-26-45,46-27-19-12-20-28-46)50(6,38-40(4)54)42-31-35-48(36-32-42)56-8-2/h9-36,39-40H,7-8,37-38H2,1-6H3. The van der Waals surface area contributed by atoms with Crippen LogP contribution >= 0.6 is 0 Å². The highest BCUT2D eigenvalue weighted by molar-refractivity contribution is 5.52. The van der Waals surface area contributed by atoms with Gasteiger partial charge in [-0.15, -0.1) is 0 Å². The topological polar surface area (TPSA) is 27.7 Å². The van der Waals surface area contributed by atoms with E-state index in [9.17, 15) is 0 Å². The van der Waals surface area contributed by atoms with Gasteiger partial charge in [-0.25, -0.2) is 8.78 Å². The highest BCUT2D eigenvalue weighted by Crippen LogP contribution is 2.62. The fraction of sp³-hybridized carbons (Fsp3) is 0.308. The summed E-state index contributed by atoms with van der Waals surface area (Å²) in [5.74, 6) is 1.46. The molecule has 4 unspecified atom stereocenters. The molecule has 5 heteroatoms. The van der Waals surface area contributed by atoms with Crippen molar-refractivity contribution in [3.63, 3.8) is 0 Å². The van der Waals surface area contributed by atoms with Crippen LogP contribution in [0.1, 0.15) is 87.8 Å². The fourth-order valence-electron chi connectivity index (χ4n) is 9.22. The van der Waals surface area contributed by atoms with E-state index < -0.39 is 34.4 Å². The van der Waals surface area contributed by atoms with Crippen LogP contribution in [0.25, 0.3) is 0 Å². The molecule has 0 N–H and O–H groups in total. The Morgan fingerprint density at radius 2 is 0.667 bits per heavy atom. The first-order chi connectivity index (χ1) is 27.5. The summed E-state index contributed by atoms with van der Waals surface area (Å²) < 4.78 is 53.1. The molecule has 4 atom stereocenters. The number of halogens is 2. The van der Waals surface area contributed by atoms with Gasteiger partial charge in [0, 0.05) is 10.8 Å². The average Bonchev–Trinajstić information content (AvgIpc) is 3.23. The van der Waals surface area contributed by atoms with Gasteiger partial charge in [-0.2, -0.15) is 0 Å². The molecule has 0 fully saturated rings. The van der Waals surface area contributed by atoms with Gasteiger partial charge in [0.05, 0.1) is 25.6 Å². The van der Waals surface area contributed by atoms with Crippen molar-refractivity contribution >= 4 is 0 Å². The van der Waals surface area contributed by atoms with E-state index in [1.807, 2.05) is 135 Å². The van der Waals surface area contributed by atoms with Crippen LogP contribution in [0.5, 0.6) is 11.5 Å². The van der Waals surface area contributed by atoms with Crippen LogP contribution < -0.4 is 9.47 Å². The zero-order valence-corrected chi connectivity index (χ0v) is 34.1. The summed E-state index contributed by atoms with van der Waals surface area (Å²) in [6, 6.07) is 56.6. The predicted octanol–water partition coefficient (Wildman–Crippen LogP) is 13.1. The molecule has 0 heterocycles. The zero-order chi connectivity index (χ0) is 40.5. The molecular weight excluding hydrogens is 711 g/mol. The first-order valence-corrected chi connectivity index (χ1v) is 20.2. The van der Waals surface area contributed by atoms with Crippen LogP contribution in [0.2, 0.25) is 0 Å². The van der Waals surface area contributed by atoms with Gasteiger partial charge in [0.25, 0.3) is 0 Å². The van der Waals surface area contributed by atoms with E-state index in [0.717, 1.165) is 44.9 Å². The minimum atomic E-state index is -1.40. The molecule has 6 aromatic carbocycles. The third-order valence-electron chi connectivity index (χ3n) is 11.6. The molecule has 0 bridgehead atoms. The smallest absolute Gasteiger partial charge is 0.129 e. The Morgan fingerprint density at radius 3 is 0.895 bits per heavy atom. The second kappa shape index (κ2) is 17.9. The largest absolute Gasteiger partial charge is 0.494 e. The van der Waals surface area contributed by atoms with E-state index in [1.165, 1.54) is 0 Å². The van der Waals surface area contributed by atoms with Crippen molar-refractivity contribution in [3.05, 3.63) is 203 Å². The van der Waals surface area contributed by atoms with Gasteiger partial charge in [-0.3, -0.25) is 0 Å². The van der Waals surface area contributed by atoms with Gasteiger partial charge in [0.2, 0.25) is 0 Å². The van der Waals surface area contributed by atoms with Gasteiger partial charge < -0.3 is 14.2 Å². The van der Waals surface area contributed by atoms with Gasteiger partial charge in [0.1, 0.15) is 22.7 Å². The van der Waals surface area contributed by atoms with Crippen molar-refractivity contribution in [2.24, 2.45) is 0 Å². The SMILES string of the molecule is CCOc1ccc(C(C)(CC(C)F)C(OC(c2ccccc2)(c2ccccc2)C(C)(CC(C)F)c2ccc(OCC)cc2)(c2ccccc2)c2ccccc2)cc1. The van der Waals surface area contributed by atoms with Crippen molar-refractivity contribution in [2.45, 2.75) is 88.8 Å². The lowest BCUT2D eigenvalue weighted by Crippen LogP contribution is -2.60. The molecule has 0 aliphatic heterocycles. The molecule has 296 valence electrons. The number of alkyl halides is 2. The molecular formula is C52H56F2O3. The summed E-state index contributed by atoms with van der Waals surface area (Å²) in [5.41, 5.74) is 0.146. The van der Waals surface area contributed by atoms with Crippen molar-refractivity contribution in [3.8, 4) is 11.5 Å². The summed E-state index contributed by atoms with van der Waals surface area (Å²) in [5, 5.41) is 0. The highest BCUT2D eigenvalue weighted by atomic mass is 19.1. The number of benzene rings is 6. The molecule has 6 aromatic rings. The summed E-state index contributed by atoms with van der Waals surface area (Å²) in [4.78, 5) is 0. The Labute approximate surface area is 338 Å². The maximum Gasteiger partial charge on any atom is 0.129 e. The molecule has 0 spiro atoms. The highest BCUT2D eigenvalue weighted by Gasteiger charge is 2.62. The van der Waals surface area contributed by atoms with E-state index in [0.29, 0.717) is 13.2 Å². The first-order valence-electron chi connectivity index (χ1n) is 20.2. The second-order valence-corrected chi connectivity index (χ2v) is 15.5. The molecule has 0 radical (unpaired) electrons. The van der Waals surface area contributed by atoms with Gasteiger partial charge >= 0.3 is 0 Å². The molecule has 0 aliphatic rings. The second-order valence-electron chi connectivity index (χ2n) is 15.5. The summed E-state index contributed by atoms with van der Waals surface area (Å²) in [6.07, 6.45) is -2.26. The van der Waals surface area contributed by atoms with Crippen LogP contribution in [0, 0.1) is 0 Å². The maximum atomic E-state index is 16.4. The van der Waals surface area contributed by atoms with Crippen LogP contribution in [0.3, 0.4) is 0 Å². The normalized spacial score (nSPS) is 15.2. The van der Waals surface area contributed by atoms with E-state index >= 15 is 8.78 Å². The Kier molecular flexibility index (Phi) is 13.0. The van der Waals surface area contributed by atoms with E-state index in [-0.39, 0.29) is 12.8 Å². The van der Waals surface area contributed by atoms with E-state index in [4.69, 9.17) is 14.2 Å². The average molecular weight is 767 g/mol. The molecule has 0 amide bonds. The Bertz CT molecular complexity index is 1870. The van der Waals surface area contributed by atoms with Gasteiger partial charge in [-0.05, 0) is 98.2 Å². The predicted molar refractivity (Wildman–Crippen MR) is 229 cm³/mol. The molecule has 57 heavy (non-hydrogen) atoms. The zero-order valence-electron chi connectivity index (χ0n) is 34.1. The fourth-order valence-corrected chi connectivity index (χ4v) is 9.22. The number of hydrogen-bond acceptors (Lipinski definition) is 3. The van der Waals surface area contributed by atoms with Crippen molar-refractivity contribution in [2.75, 3.05) is 13.2 Å². The third-order valence-corrected chi connectivity index (χ3v) is 11.6. The van der Waals surface area contributed by atoms with Gasteiger partial charge in [-0.1, -0.05) is 159 Å². The monoisotopic (exact) mass is 766 g/mol. The third kappa shape index (κ3) is 8.00. The Balaban J connectivity index is 1.84. The molecule has 3 nitrogen and oxygen atoms in total. The number of rotatable bonds is 18.